The highest BCUT2D eigenvalue weighted by atomic mass is 79.9. The Balaban J connectivity index is 1.35. The molecule has 3 aromatic carbocycles. The fourth-order valence-electron chi connectivity index (χ4n) is 4.51. The molecule has 1 fully saturated rings. The Hall–Kier alpha value is -3.16. The summed E-state index contributed by atoms with van der Waals surface area (Å²) < 4.78 is 0.940. The molecule has 3 unspecified atom stereocenters. The summed E-state index contributed by atoms with van der Waals surface area (Å²) in [6.07, 6.45) is 5.20. The lowest BCUT2D eigenvalue weighted by Gasteiger charge is -2.18. The van der Waals surface area contributed by atoms with Gasteiger partial charge in [-0.25, -0.2) is 0 Å². The molecule has 3 aromatic rings. The number of benzene rings is 3. The van der Waals surface area contributed by atoms with Crippen molar-refractivity contribution in [3.63, 3.8) is 0 Å². The van der Waals surface area contributed by atoms with Gasteiger partial charge < -0.3 is 5.32 Å². The van der Waals surface area contributed by atoms with Gasteiger partial charge in [-0.2, -0.15) is 0 Å². The van der Waals surface area contributed by atoms with Crippen LogP contribution in [0.15, 0.2) is 100 Å². The van der Waals surface area contributed by atoms with Crippen LogP contribution < -0.4 is 10.2 Å². The van der Waals surface area contributed by atoms with E-state index in [1.165, 1.54) is 16.7 Å². The van der Waals surface area contributed by atoms with Gasteiger partial charge in [0, 0.05) is 15.1 Å². The molecule has 35 heavy (non-hydrogen) atoms. The average Bonchev–Trinajstić information content (AvgIpc) is 3.14. The van der Waals surface area contributed by atoms with Crippen molar-refractivity contribution in [2.45, 2.75) is 23.0 Å². The fraction of sp³-hybridized carbons (Fsp3) is 0.179. The second kappa shape index (κ2) is 10.2. The molecule has 0 aromatic heterocycles. The molecule has 0 bridgehead atoms. The number of halogens is 1. The molecule has 0 radical (unpaired) electrons. The third-order valence-corrected chi connectivity index (χ3v) is 8.10. The highest BCUT2D eigenvalue weighted by Crippen LogP contribution is 2.40. The predicted octanol–water partition coefficient (Wildman–Crippen LogP) is 6.38. The quantitative estimate of drug-likeness (QED) is 0.221. The first-order chi connectivity index (χ1) is 17.0. The summed E-state index contributed by atoms with van der Waals surface area (Å²) in [7, 11) is 0. The van der Waals surface area contributed by atoms with Crippen LogP contribution in [0.5, 0.6) is 0 Å². The lowest BCUT2D eigenvalue weighted by Crippen LogP contribution is -2.30. The van der Waals surface area contributed by atoms with Crippen molar-refractivity contribution in [3.05, 3.63) is 101 Å². The second-order valence-electron chi connectivity index (χ2n) is 8.57. The van der Waals surface area contributed by atoms with E-state index in [4.69, 9.17) is 0 Å². The van der Waals surface area contributed by atoms with Crippen LogP contribution >= 0.6 is 27.7 Å². The minimum Gasteiger partial charge on any atom is -0.325 e. The summed E-state index contributed by atoms with van der Waals surface area (Å²) in [6.45, 7) is 0. The molecule has 3 atom stereocenters. The Labute approximate surface area is 216 Å². The summed E-state index contributed by atoms with van der Waals surface area (Å²) >= 11 is 4.84. The van der Waals surface area contributed by atoms with E-state index in [0.717, 1.165) is 20.6 Å². The van der Waals surface area contributed by atoms with Crippen LogP contribution in [0, 0.1) is 11.8 Å². The minimum absolute atomic E-state index is 0.124. The molecule has 2 aliphatic rings. The molecule has 1 aliphatic heterocycles. The largest absolute Gasteiger partial charge is 0.325 e. The number of carbonyl (C=O) groups is 3. The summed E-state index contributed by atoms with van der Waals surface area (Å²) in [5.41, 5.74) is 2.18. The number of hydrogen-bond donors (Lipinski definition) is 1. The number of allylic oxidation sites excluding steroid dienone is 2. The first-order valence-corrected chi connectivity index (χ1v) is 13.1. The topological polar surface area (TPSA) is 66.5 Å². The van der Waals surface area contributed by atoms with Gasteiger partial charge in [-0.05, 0) is 66.9 Å². The van der Waals surface area contributed by atoms with Crippen LogP contribution in [-0.4, -0.2) is 17.7 Å². The van der Waals surface area contributed by atoms with Gasteiger partial charge in [0.2, 0.25) is 17.7 Å². The molecule has 5 nitrogen and oxygen atoms in total. The van der Waals surface area contributed by atoms with Gasteiger partial charge >= 0.3 is 0 Å². The molecule has 5 rings (SSSR count). The summed E-state index contributed by atoms with van der Waals surface area (Å²) in [4.78, 5) is 41.2. The normalized spacial score (nSPS) is 20.0. The number of carbonyl (C=O) groups excluding carboxylic acids is 3. The minimum atomic E-state index is -0.477. The van der Waals surface area contributed by atoms with Crippen molar-refractivity contribution in [2.75, 3.05) is 10.2 Å². The third kappa shape index (κ3) is 4.97. The predicted molar refractivity (Wildman–Crippen MR) is 142 cm³/mol. The number of hydrogen-bond acceptors (Lipinski definition) is 4. The van der Waals surface area contributed by atoms with Crippen molar-refractivity contribution in [1.82, 2.24) is 0 Å². The summed E-state index contributed by atoms with van der Waals surface area (Å²) in [5.74, 6) is -0.895. The Morgan fingerprint density at radius 2 is 1.46 bits per heavy atom. The Morgan fingerprint density at radius 1 is 0.857 bits per heavy atom. The maximum atomic E-state index is 13.3. The van der Waals surface area contributed by atoms with Crippen molar-refractivity contribution < 1.29 is 14.4 Å². The van der Waals surface area contributed by atoms with E-state index in [0.29, 0.717) is 18.5 Å². The molecule has 1 N–H and O–H groups in total. The van der Waals surface area contributed by atoms with Gasteiger partial charge in [-0.15, -0.1) is 11.8 Å². The van der Waals surface area contributed by atoms with E-state index in [-0.39, 0.29) is 29.6 Å². The Morgan fingerprint density at radius 3 is 2.06 bits per heavy atom. The molecule has 0 saturated carbocycles. The Bertz CT molecular complexity index is 1250. The number of anilines is 2. The molecular weight excluding hydrogens is 524 g/mol. The third-order valence-electron chi connectivity index (χ3n) is 6.31. The van der Waals surface area contributed by atoms with E-state index in [9.17, 15) is 14.4 Å². The molecule has 176 valence electrons. The van der Waals surface area contributed by atoms with E-state index in [1.54, 1.807) is 12.1 Å². The molecule has 3 amide bonds. The van der Waals surface area contributed by atoms with Crippen LogP contribution in [-0.2, 0) is 14.4 Å². The zero-order chi connectivity index (χ0) is 24.4. The number of nitrogens with zero attached hydrogens (tertiary/aromatic N) is 1. The Kier molecular flexibility index (Phi) is 6.88. The zero-order valence-electron chi connectivity index (χ0n) is 18.8. The maximum absolute atomic E-state index is 13.3. The number of nitrogens with one attached hydrogen (secondary N) is 1. The van der Waals surface area contributed by atoms with Gasteiger partial charge in [0.25, 0.3) is 0 Å². The molecule has 7 heteroatoms. The first kappa shape index (κ1) is 23.6. The van der Waals surface area contributed by atoms with Crippen molar-refractivity contribution in [1.29, 1.82) is 0 Å². The van der Waals surface area contributed by atoms with Gasteiger partial charge in [0.15, 0.2) is 0 Å². The number of amides is 3. The van der Waals surface area contributed by atoms with E-state index in [2.05, 4.69) is 21.2 Å². The van der Waals surface area contributed by atoms with E-state index >= 15 is 0 Å². The fourth-order valence-corrected chi connectivity index (χ4v) is 5.80. The van der Waals surface area contributed by atoms with Crippen LogP contribution in [0.25, 0.3) is 0 Å². The SMILES string of the molecule is O=C(Nc1ccc(Br)cc1)C(Sc1ccc(N2C(=O)C3CC=CCC3C2=O)cc1)c1ccccc1. The molecule has 1 aliphatic carbocycles. The smallest absolute Gasteiger partial charge is 0.242 e. The summed E-state index contributed by atoms with van der Waals surface area (Å²) in [6, 6.07) is 24.4. The molecular formula is C28H23BrN2O3S. The van der Waals surface area contributed by atoms with Crippen LogP contribution in [0.3, 0.4) is 0 Å². The van der Waals surface area contributed by atoms with E-state index < -0.39 is 5.25 Å². The zero-order valence-corrected chi connectivity index (χ0v) is 21.2. The highest BCUT2D eigenvalue weighted by Gasteiger charge is 2.47. The number of fused-ring (bicyclic) bond motifs is 1. The molecule has 0 spiro atoms. The monoisotopic (exact) mass is 546 g/mol. The standard InChI is InChI=1S/C28H23BrN2O3S/c29-19-10-12-20(13-11-19)30-26(32)25(18-6-2-1-3-7-18)35-22-16-14-21(15-17-22)31-27(33)23-8-4-5-9-24(23)28(31)34/h1-7,10-17,23-25H,8-9H2,(H,30,32). The van der Waals surface area contributed by atoms with E-state index in [1.807, 2.05) is 78.9 Å². The maximum Gasteiger partial charge on any atom is 0.242 e. The first-order valence-electron chi connectivity index (χ1n) is 11.4. The van der Waals surface area contributed by atoms with Gasteiger partial charge in [0.05, 0.1) is 17.5 Å². The lowest BCUT2D eigenvalue weighted by atomic mass is 9.85. The second-order valence-corrected chi connectivity index (χ2v) is 10.7. The lowest BCUT2D eigenvalue weighted by molar-refractivity contribution is -0.122. The number of rotatable bonds is 6. The van der Waals surface area contributed by atoms with Crippen molar-refractivity contribution in [2.24, 2.45) is 11.8 Å². The van der Waals surface area contributed by atoms with Crippen LogP contribution in [0.4, 0.5) is 11.4 Å². The number of imide groups is 1. The molecule has 1 saturated heterocycles. The van der Waals surface area contributed by atoms with Crippen LogP contribution in [0.1, 0.15) is 23.7 Å². The van der Waals surface area contributed by atoms with Crippen molar-refractivity contribution in [3.8, 4) is 0 Å². The summed E-state index contributed by atoms with van der Waals surface area (Å²) in [5, 5.41) is 2.52. The van der Waals surface area contributed by atoms with Gasteiger partial charge in [0.1, 0.15) is 5.25 Å². The average molecular weight is 547 g/mol. The molecule has 1 heterocycles. The van der Waals surface area contributed by atoms with Gasteiger partial charge in [-0.3, -0.25) is 19.3 Å². The highest BCUT2D eigenvalue weighted by molar-refractivity contribution is 9.10. The van der Waals surface area contributed by atoms with Crippen molar-refractivity contribution >= 4 is 56.8 Å². The number of thioether (sulfide) groups is 1. The van der Waals surface area contributed by atoms with Crippen LogP contribution in [0.2, 0.25) is 0 Å². The van der Waals surface area contributed by atoms with Gasteiger partial charge in [-0.1, -0.05) is 58.4 Å².